The van der Waals surface area contributed by atoms with Crippen molar-refractivity contribution in [2.24, 2.45) is 0 Å². The molecule has 0 saturated heterocycles. The highest BCUT2D eigenvalue weighted by Gasteiger charge is 2.30. The van der Waals surface area contributed by atoms with E-state index in [0.717, 1.165) is 24.3 Å². The number of rotatable bonds is 4. The maximum Gasteiger partial charge on any atom is 0.416 e. The molecule has 1 aromatic carbocycles. The number of halogens is 3. The number of pyridine rings is 2. The lowest BCUT2D eigenvalue weighted by Crippen LogP contribution is -2.24. The number of anilines is 1. The number of hydrogen-bond donors (Lipinski definition) is 1. The molecule has 4 aromatic rings. The number of nitrogens with one attached hydrogen (secondary N) is 1. The van der Waals surface area contributed by atoms with Gasteiger partial charge in [-0.05, 0) is 48.5 Å². The van der Waals surface area contributed by atoms with Crippen LogP contribution in [0, 0.1) is 0 Å². The highest BCUT2D eigenvalue weighted by molar-refractivity contribution is 6.47. The molecule has 0 aliphatic heterocycles. The normalized spacial score (nSPS) is 11.4. The summed E-state index contributed by atoms with van der Waals surface area (Å²) in [6.45, 7) is 0. The van der Waals surface area contributed by atoms with Crippen LogP contribution >= 0.6 is 0 Å². The molecule has 30 heavy (non-hydrogen) atoms. The molecule has 1 amide bonds. The summed E-state index contributed by atoms with van der Waals surface area (Å²) in [4.78, 5) is 29.7. The molecule has 0 fully saturated rings. The van der Waals surface area contributed by atoms with E-state index in [4.69, 9.17) is 0 Å². The zero-order chi connectivity index (χ0) is 21.3. The van der Waals surface area contributed by atoms with E-state index in [-0.39, 0.29) is 11.4 Å². The van der Waals surface area contributed by atoms with Crippen LogP contribution in [0.2, 0.25) is 0 Å². The van der Waals surface area contributed by atoms with Gasteiger partial charge in [0.2, 0.25) is 0 Å². The molecule has 3 heterocycles. The van der Waals surface area contributed by atoms with Crippen LogP contribution in [0.5, 0.6) is 0 Å². The van der Waals surface area contributed by atoms with Gasteiger partial charge in [0.1, 0.15) is 5.69 Å². The van der Waals surface area contributed by atoms with Gasteiger partial charge in [-0.15, -0.1) is 0 Å². The lowest BCUT2D eigenvalue weighted by Gasteiger charge is -2.09. The van der Waals surface area contributed by atoms with Crippen LogP contribution in [0.1, 0.15) is 16.1 Å². The average Bonchev–Trinajstić information content (AvgIpc) is 3.13. The Morgan fingerprint density at radius 2 is 1.73 bits per heavy atom. The number of hydrogen-bond acceptors (Lipinski definition) is 3. The Kier molecular flexibility index (Phi) is 4.83. The van der Waals surface area contributed by atoms with Gasteiger partial charge < -0.3 is 9.72 Å². The minimum absolute atomic E-state index is 0.0881. The number of ketones is 1. The van der Waals surface area contributed by atoms with Gasteiger partial charge in [-0.3, -0.25) is 14.6 Å². The third-order valence-electron chi connectivity index (χ3n) is 4.54. The van der Waals surface area contributed by atoms with Gasteiger partial charge in [-0.2, -0.15) is 13.2 Å². The second-order valence-corrected chi connectivity index (χ2v) is 6.50. The molecule has 0 aliphatic carbocycles. The zero-order valence-electron chi connectivity index (χ0n) is 15.4. The molecule has 0 bridgehead atoms. The molecular weight excluding hydrogens is 395 g/mol. The van der Waals surface area contributed by atoms with Crippen molar-refractivity contribution in [3.8, 4) is 11.1 Å². The van der Waals surface area contributed by atoms with Crippen molar-refractivity contribution in [3.63, 3.8) is 0 Å². The Labute approximate surface area is 168 Å². The monoisotopic (exact) mass is 409 g/mol. The van der Waals surface area contributed by atoms with Gasteiger partial charge in [0, 0.05) is 40.9 Å². The Balaban J connectivity index is 1.68. The van der Waals surface area contributed by atoms with Crippen molar-refractivity contribution in [3.05, 3.63) is 90.5 Å². The predicted octanol–water partition coefficient (Wildman–Crippen LogP) is 4.84. The lowest BCUT2D eigenvalue weighted by molar-refractivity contribution is -0.137. The third kappa shape index (κ3) is 3.67. The largest absolute Gasteiger partial charge is 0.416 e. The molecule has 3 aromatic heterocycles. The van der Waals surface area contributed by atoms with Crippen molar-refractivity contribution >= 4 is 22.9 Å². The summed E-state index contributed by atoms with van der Waals surface area (Å²) in [7, 11) is 0. The Bertz CT molecular complexity index is 1230. The predicted molar refractivity (Wildman–Crippen MR) is 105 cm³/mol. The van der Waals surface area contributed by atoms with Crippen LogP contribution in [0.3, 0.4) is 0 Å². The van der Waals surface area contributed by atoms with E-state index in [0.29, 0.717) is 16.6 Å². The van der Waals surface area contributed by atoms with Crippen molar-refractivity contribution in [2.45, 2.75) is 6.18 Å². The van der Waals surface area contributed by atoms with Crippen LogP contribution in [0.25, 0.3) is 16.6 Å². The van der Waals surface area contributed by atoms with E-state index in [2.05, 4.69) is 10.3 Å². The standard InChI is InChI=1S/C22H14F3N3O2/c23-22(24,25)15-6-8-16(9-7-15)27-21(30)20(29)19-18(14-4-3-10-26-13-14)12-17-5-1-2-11-28(17)19/h1-13H,(H,27,30). The number of nitrogens with zero attached hydrogens (tertiary/aromatic N) is 2. The second kappa shape index (κ2) is 7.47. The summed E-state index contributed by atoms with van der Waals surface area (Å²) >= 11 is 0. The Morgan fingerprint density at radius 1 is 0.967 bits per heavy atom. The third-order valence-corrected chi connectivity index (χ3v) is 4.54. The average molecular weight is 409 g/mol. The molecule has 1 N–H and O–H groups in total. The summed E-state index contributed by atoms with van der Waals surface area (Å²) in [5.74, 6) is -1.77. The van der Waals surface area contributed by atoms with Gasteiger partial charge in [-0.1, -0.05) is 12.1 Å². The lowest BCUT2D eigenvalue weighted by atomic mass is 10.1. The molecule has 0 radical (unpaired) electrons. The first-order valence-corrected chi connectivity index (χ1v) is 8.88. The molecule has 5 nitrogen and oxygen atoms in total. The maximum atomic E-state index is 13.0. The summed E-state index contributed by atoms with van der Waals surface area (Å²) in [5, 5.41) is 2.37. The number of Topliss-reactive ketones (excluding diaryl/α,β-unsaturated/α-hetero) is 1. The van der Waals surface area contributed by atoms with E-state index < -0.39 is 23.4 Å². The number of carbonyl (C=O) groups excluding carboxylic acids is 2. The van der Waals surface area contributed by atoms with E-state index >= 15 is 0 Å². The van der Waals surface area contributed by atoms with Gasteiger partial charge in [0.05, 0.1) is 5.56 Å². The zero-order valence-corrected chi connectivity index (χ0v) is 15.4. The highest BCUT2D eigenvalue weighted by Crippen LogP contribution is 2.30. The van der Waals surface area contributed by atoms with Crippen LogP contribution < -0.4 is 5.32 Å². The smallest absolute Gasteiger partial charge is 0.319 e. The fourth-order valence-corrected chi connectivity index (χ4v) is 3.14. The highest BCUT2D eigenvalue weighted by atomic mass is 19.4. The quantitative estimate of drug-likeness (QED) is 0.388. The minimum Gasteiger partial charge on any atom is -0.319 e. The van der Waals surface area contributed by atoms with E-state index in [1.54, 1.807) is 59.4 Å². The molecule has 150 valence electrons. The second-order valence-electron chi connectivity index (χ2n) is 6.50. The van der Waals surface area contributed by atoms with Crippen molar-refractivity contribution in [1.29, 1.82) is 0 Å². The van der Waals surface area contributed by atoms with Crippen LogP contribution in [0.4, 0.5) is 18.9 Å². The number of alkyl halides is 3. The topological polar surface area (TPSA) is 63.5 Å². The van der Waals surface area contributed by atoms with Crippen molar-refractivity contribution < 1.29 is 22.8 Å². The molecule has 4 rings (SSSR count). The Hall–Kier alpha value is -3.94. The molecule has 8 heteroatoms. The number of carbonyl (C=O) groups is 2. The van der Waals surface area contributed by atoms with Crippen LogP contribution in [-0.4, -0.2) is 21.1 Å². The van der Waals surface area contributed by atoms with Gasteiger partial charge in [0.25, 0.3) is 11.7 Å². The van der Waals surface area contributed by atoms with E-state index in [1.165, 1.54) is 0 Å². The number of benzene rings is 1. The minimum atomic E-state index is -4.48. The summed E-state index contributed by atoms with van der Waals surface area (Å²) in [6, 6.07) is 14.5. The van der Waals surface area contributed by atoms with Crippen LogP contribution in [-0.2, 0) is 11.0 Å². The molecule has 0 atom stereocenters. The van der Waals surface area contributed by atoms with Crippen molar-refractivity contribution in [1.82, 2.24) is 9.38 Å². The number of amides is 1. The molecule has 0 spiro atoms. The summed E-state index contributed by atoms with van der Waals surface area (Å²) in [6.07, 6.45) is 0.354. The molecule has 0 saturated carbocycles. The first-order chi connectivity index (χ1) is 14.3. The molecular formula is C22H14F3N3O2. The molecule has 0 unspecified atom stereocenters. The fraction of sp³-hybridized carbons (Fsp3) is 0.0455. The first kappa shape index (κ1) is 19.4. The van der Waals surface area contributed by atoms with E-state index in [1.807, 2.05) is 0 Å². The molecule has 0 aliphatic rings. The van der Waals surface area contributed by atoms with Gasteiger partial charge >= 0.3 is 6.18 Å². The summed E-state index contributed by atoms with van der Waals surface area (Å²) in [5.41, 5.74) is 1.28. The maximum absolute atomic E-state index is 13.0. The van der Waals surface area contributed by atoms with E-state index in [9.17, 15) is 22.8 Å². The fourth-order valence-electron chi connectivity index (χ4n) is 3.14. The SMILES string of the molecule is O=C(Nc1ccc(C(F)(F)F)cc1)C(=O)c1c(-c2cccnc2)cc2ccccn12. The van der Waals surface area contributed by atoms with Crippen LogP contribution in [0.15, 0.2) is 79.3 Å². The summed E-state index contributed by atoms with van der Waals surface area (Å²) < 4.78 is 39.7. The first-order valence-electron chi connectivity index (χ1n) is 8.88. The number of aromatic nitrogens is 2. The van der Waals surface area contributed by atoms with Crippen molar-refractivity contribution in [2.75, 3.05) is 5.32 Å². The van der Waals surface area contributed by atoms with Gasteiger partial charge in [-0.25, -0.2) is 0 Å². The van der Waals surface area contributed by atoms with Gasteiger partial charge in [0.15, 0.2) is 0 Å². The Morgan fingerprint density at radius 3 is 2.40 bits per heavy atom. The number of fused-ring (bicyclic) bond motifs is 1.